The van der Waals surface area contributed by atoms with Gasteiger partial charge in [0.05, 0.1) is 5.56 Å². The molecule has 0 aliphatic rings. The van der Waals surface area contributed by atoms with Gasteiger partial charge in [-0.25, -0.2) is 0 Å². The number of hydrogen-bond donors (Lipinski definition) is 2. The van der Waals surface area contributed by atoms with E-state index in [1.54, 1.807) is 0 Å². The van der Waals surface area contributed by atoms with E-state index in [4.69, 9.17) is 5.73 Å². The first-order valence-electron chi connectivity index (χ1n) is 7.55. The number of benzene rings is 1. The van der Waals surface area contributed by atoms with Crippen LogP contribution in [0.5, 0.6) is 0 Å². The zero-order chi connectivity index (χ0) is 16.3. The Labute approximate surface area is 144 Å². The molecule has 0 saturated carbocycles. The molecule has 4 nitrogen and oxygen atoms in total. The number of nitrogens with one attached hydrogen (secondary N) is 1. The summed E-state index contributed by atoms with van der Waals surface area (Å²) in [5.74, 6) is -0.0639. The third-order valence-electron chi connectivity index (χ3n) is 3.71. The second-order valence-electron chi connectivity index (χ2n) is 6.53. The van der Waals surface area contributed by atoms with Crippen LogP contribution in [0.2, 0.25) is 0 Å². The van der Waals surface area contributed by atoms with Crippen molar-refractivity contribution in [1.82, 2.24) is 9.88 Å². The molecule has 0 radical (unpaired) electrons. The maximum absolute atomic E-state index is 12.4. The molecule has 0 aliphatic heterocycles. The van der Waals surface area contributed by atoms with Crippen molar-refractivity contribution < 1.29 is 4.79 Å². The number of hydrogen-bond acceptors (Lipinski definition) is 2. The Hall–Kier alpha value is -1.78. The van der Waals surface area contributed by atoms with Gasteiger partial charge < -0.3 is 15.6 Å². The van der Waals surface area contributed by atoms with E-state index < -0.39 is 5.54 Å². The first kappa shape index (κ1) is 19.3. The highest BCUT2D eigenvalue weighted by Gasteiger charge is 2.18. The largest absolute Gasteiger partial charge is 0.350 e. The van der Waals surface area contributed by atoms with E-state index in [0.717, 1.165) is 23.5 Å². The van der Waals surface area contributed by atoms with E-state index in [2.05, 4.69) is 22.0 Å². The van der Waals surface area contributed by atoms with Gasteiger partial charge in [-0.3, -0.25) is 4.79 Å². The zero-order valence-corrected chi connectivity index (χ0v) is 15.0. The summed E-state index contributed by atoms with van der Waals surface area (Å²) < 4.78 is 2.16. The number of amides is 1. The van der Waals surface area contributed by atoms with Gasteiger partial charge in [0, 0.05) is 30.0 Å². The van der Waals surface area contributed by atoms with E-state index in [-0.39, 0.29) is 18.3 Å². The van der Waals surface area contributed by atoms with Gasteiger partial charge in [-0.2, -0.15) is 0 Å². The monoisotopic (exact) mass is 335 g/mol. The number of halogens is 1. The van der Waals surface area contributed by atoms with Gasteiger partial charge >= 0.3 is 0 Å². The zero-order valence-electron chi connectivity index (χ0n) is 14.2. The Kier molecular flexibility index (Phi) is 6.42. The van der Waals surface area contributed by atoms with Crippen LogP contribution in [0, 0.1) is 13.8 Å². The maximum Gasteiger partial charge on any atom is 0.253 e. The summed E-state index contributed by atoms with van der Waals surface area (Å²) in [5.41, 5.74) is 9.51. The number of carbonyl (C=O) groups is 1. The van der Waals surface area contributed by atoms with Gasteiger partial charge in [0.15, 0.2) is 0 Å². The number of aryl methyl sites for hydroxylation is 1. The van der Waals surface area contributed by atoms with Crippen molar-refractivity contribution >= 4 is 18.3 Å². The Bertz CT molecular complexity index is 657. The molecule has 2 rings (SSSR count). The lowest BCUT2D eigenvalue weighted by Crippen LogP contribution is -2.45. The molecule has 0 bridgehead atoms. The lowest BCUT2D eigenvalue weighted by molar-refractivity contribution is 0.0945. The van der Waals surface area contributed by atoms with Crippen LogP contribution in [-0.2, 0) is 6.54 Å². The number of carbonyl (C=O) groups excluding carboxylic acids is 1. The molecule has 5 heteroatoms. The predicted octanol–water partition coefficient (Wildman–Crippen LogP) is 3.04. The van der Waals surface area contributed by atoms with E-state index in [1.165, 1.54) is 5.56 Å². The maximum atomic E-state index is 12.4. The van der Waals surface area contributed by atoms with Crippen LogP contribution < -0.4 is 11.1 Å². The first-order valence-corrected chi connectivity index (χ1v) is 7.55. The van der Waals surface area contributed by atoms with E-state index in [0.29, 0.717) is 6.54 Å². The Morgan fingerprint density at radius 2 is 1.83 bits per heavy atom. The van der Waals surface area contributed by atoms with Crippen molar-refractivity contribution in [3.63, 3.8) is 0 Å². The Balaban J connectivity index is 0.00000264. The molecule has 126 valence electrons. The van der Waals surface area contributed by atoms with Crippen LogP contribution >= 0.6 is 12.4 Å². The quantitative estimate of drug-likeness (QED) is 0.882. The molecule has 2 aromatic rings. The van der Waals surface area contributed by atoms with Crippen LogP contribution in [-0.4, -0.2) is 22.6 Å². The van der Waals surface area contributed by atoms with E-state index in [1.807, 2.05) is 52.0 Å². The molecular formula is C18H26ClN3O. The average Bonchev–Trinajstić information content (AvgIpc) is 2.73. The molecule has 0 saturated heterocycles. The molecule has 0 fully saturated rings. The summed E-state index contributed by atoms with van der Waals surface area (Å²) in [7, 11) is 0. The molecule has 23 heavy (non-hydrogen) atoms. The third kappa shape index (κ3) is 5.12. The molecule has 1 aromatic carbocycles. The fourth-order valence-electron chi connectivity index (χ4n) is 2.44. The van der Waals surface area contributed by atoms with Crippen molar-refractivity contribution in [2.75, 3.05) is 6.54 Å². The highest BCUT2D eigenvalue weighted by atomic mass is 35.5. The highest BCUT2D eigenvalue weighted by Crippen LogP contribution is 2.17. The SMILES string of the molecule is Cc1cc(C(=O)NCC(C)(C)N)c(C)n1Cc1ccccc1.Cl. The van der Waals surface area contributed by atoms with Crippen molar-refractivity contribution in [1.29, 1.82) is 0 Å². The minimum atomic E-state index is -0.411. The fraction of sp³-hybridized carbons (Fsp3) is 0.389. The molecule has 0 aliphatic carbocycles. The molecule has 1 aromatic heterocycles. The molecule has 1 amide bonds. The lowest BCUT2D eigenvalue weighted by Gasteiger charge is -2.18. The number of nitrogens with two attached hydrogens (primary N) is 1. The van der Waals surface area contributed by atoms with Gasteiger partial charge in [0.25, 0.3) is 5.91 Å². The number of nitrogens with zero attached hydrogens (tertiary/aromatic N) is 1. The van der Waals surface area contributed by atoms with Gasteiger partial charge in [-0.15, -0.1) is 12.4 Å². The van der Waals surface area contributed by atoms with Crippen molar-refractivity contribution in [3.8, 4) is 0 Å². The highest BCUT2D eigenvalue weighted by molar-refractivity contribution is 5.95. The van der Waals surface area contributed by atoms with Gasteiger partial charge in [-0.1, -0.05) is 30.3 Å². The van der Waals surface area contributed by atoms with Crippen molar-refractivity contribution in [2.24, 2.45) is 5.73 Å². The Morgan fingerprint density at radius 1 is 1.22 bits per heavy atom. The standard InChI is InChI=1S/C18H25N3O.ClH/c1-13-10-16(17(22)20-12-18(3,4)19)14(2)21(13)11-15-8-6-5-7-9-15;/h5-10H,11-12,19H2,1-4H3,(H,20,22);1H. The molecule has 0 atom stereocenters. The Morgan fingerprint density at radius 3 is 2.39 bits per heavy atom. The van der Waals surface area contributed by atoms with Gasteiger partial charge in [0.2, 0.25) is 0 Å². The van der Waals surface area contributed by atoms with Crippen LogP contribution in [0.15, 0.2) is 36.4 Å². The minimum Gasteiger partial charge on any atom is -0.350 e. The molecule has 0 spiro atoms. The van der Waals surface area contributed by atoms with Crippen LogP contribution in [0.1, 0.15) is 41.2 Å². The predicted molar refractivity (Wildman–Crippen MR) is 97.3 cm³/mol. The van der Waals surface area contributed by atoms with Crippen LogP contribution in [0.25, 0.3) is 0 Å². The summed E-state index contributed by atoms with van der Waals surface area (Å²) in [4.78, 5) is 12.4. The summed E-state index contributed by atoms with van der Waals surface area (Å²) >= 11 is 0. The van der Waals surface area contributed by atoms with Crippen LogP contribution in [0.3, 0.4) is 0 Å². The normalized spacial score (nSPS) is 11.0. The van der Waals surface area contributed by atoms with E-state index >= 15 is 0 Å². The molecule has 0 unspecified atom stereocenters. The lowest BCUT2D eigenvalue weighted by atomic mass is 10.1. The van der Waals surface area contributed by atoms with Crippen LogP contribution in [0.4, 0.5) is 0 Å². The molecule has 1 heterocycles. The average molecular weight is 336 g/mol. The fourth-order valence-corrected chi connectivity index (χ4v) is 2.44. The van der Waals surface area contributed by atoms with E-state index in [9.17, 15) is 4.79 Å². The van der Waals surface area contributed by atoms with Crippen molar-refractivity contribution in [2.45, 2.75) is 39.8 Å². The summed E-state index contributed by atoms with van der Waals surface area (Å²) in [6.07, 6.45) is 0. The smallest absolute Gasteiger partial charge is 0.253 e. The number of aromatic nitrogens is 1. The molecule has 3 N–H and O–H groups in total. The second-order valence-corrected chi connectivity index (χ2v) is 6.53. The second kappa shape index (κ2) is 7.66. The minimum absolute atomic E-state index is 0. The first-order chi connectivity index (χ1) is 10.3. The van der Waals surface area contributed by atoms with Gasteiger partial charge in [0.1, 0.15) is 0 Å². The third-order valence-corrected chi connectivity index (χ3v) is 3.71. The summed E-state index contributed by atoms with van der Waals surface area (Å²) in [6, 6.07) is 12.2. The van der Waals surface area contributed by atoms with Gasteiger partial charge in [-0.05, 0) is 39.3 Å². The molecular weight excluding hydrogens is 310 g/mol. The summed E-state index contributed by atoms with van der Waals surface area (Å²) in [5, 5.41) is 2.91. The topological polar surface area (TPSA) is 60.1 Å². The summed E-state index contributed by atoms with van der Waals surface area (Å²) in [6.45, 7) is 9.03. The number of rotatable bonds is 5. The van der Waals surface area contributed by atoms with Crippen molar-refractivity contribution in [3.05, 3.63) is 58.9 Å².